The highest BCUT2D eigenvalue weighted by Gasteiger charge is 2.20. The van der Waals surface area contributed by atoms with Crippen molar-refractivity contribution in [1.82, 2.24) is 0 Å². The second-order valence-electron chi connectivity index (χ2n) is 5.02. The Kier molecular flexibility index (Phi) is 7.79. The topological polar surface area (TPSA) is 74.6 Å². The Labute approximate surface area is 103 Å². The number of aliphatic hydroxyl groups excluding tert-OH is 1. The summed E-state index contributed by atoms with van der Waals surface area (Å²) in [5.41, 5.74) is 0. The molecule has 0 aliphatic heterocycles. The number of carbonyl (C=O) groups excluding carboxylic acids is 1. The van der Waals surface area contributed by atoms with Crippen LogP contribution in [-0.4, -0.2) is 28.1 Å². The van der Waals surface area contributed by atoms with Crippen LogP contribution in [0.5, 0.6) is 0 Å². The minimum absolute atomic E-state index is 0.0693. The number of aliphatic carboxylic acids is 1. The lowest BCUT2D eigenvalue weighted by atomic mass is 9.87. The van der Waals surface area contributed by atoms with Crippen molar-refractivity contribution < 1.29 is 19.8 Å². The molecular formula is C13H24O4. The van der Waals surface area contributed by atoms with Crippen LogP contribution >= 0.6 is 0 Å². The highest BCUT2D eigenvalue weighted by Crippen LogP contribution is 2.22. The summed E-state index contributed by atoms with van der Waals surface area (Å²) in [6, 6.07) is 0. The van der Waals surface area contributed by atoms with E-state index >= 15 is 0 Å². The van der Waals surface area contributed by atoms with Gasteiger partial charge in [0.2, 0.25) is 0 Å². The molecule has 0 amide bonds. The summed E-state index contributed by atoms with van der Waals surface area (Å²) in [5, 5.41) is 18.1. The van der Waals surface area contributed by atoms with Crippen LogP contribution < -0.4 is 0 Å². The molecule has 0 saturated heterocycles. The Morgan fingerprint density at radius 3 is 2.24 bits per heavy atom. The third-order valence-corrected chi connectivity index (χ3v) is 2.82. The number of hydrogen-bond donors (Lipinski definition) is 2. The average molecular weight is 244 g/mol. The normalized spacial score (nSPS) is 14.6. The van der Waals surface area contributed by atoms with E-state index in [0.717, 1.165) is 6.42 Å². The largest absolute Gasteiger partial charge is 0.481 e. The number of carboxylic acids is 1. The Balaban J connectivity index is 4.26. The lowest BCUT2D eigenvalue weighted by Gasteiger charge is -2.18. The van der Waals surface area contributed by atoms with E-state index in [0.29, 0.717) is 25.2 Å². The van der Waals surface area contributed by atoms with E-state index in [-0.39, 0.29) is 18.1 Å². The summed E-state index contributed by atoms with van der Waals surface area (Å²) in [5.74, 6) is -0.494. The summed E-state index contributed by atoms with van der Waals surface area (Å²) in [6.07, 6.45) is 1.25. The zero-order valence-electron chi connectivity index (χ0n) is 11.0. The lowest BCUT2D eigenvalue weighted by molar-refractivity contribution is -0.138. The van der Waals surface area contributed by atoms with Gasteiger partial charge in [-0.1, -0.05) is 20.8 Å². The van der Waals surface area contributed by atoms with Crippen molar-refractivity contribution in [3.8, 4) is 0 Å². The quantitative estimate of drug-likeness (QED) is 0.652. The predicted octanol–water partition coefficient (Wildman–Crippen LogP) is 2.24. The standard InChI is InChI=1S/C13H24O4/c1-4-11(14)12(15)8-10(7-9(2)3)5-6-13(16)17/h9-11,14H,4-8H2,1-3H3,(H,16,17)/t10-,11?/m1/s1. The molecule has 4 nitrogen and oxygen atoms in total. The Morgan fingerprint density at radius 2 is 1.82 bits per heavy atom. The Hall–Kier alpha value is -0.900. The van der Waals surface area contributed by atoms with E-state index in [1.54, 1.807) is 6.92 Å². The van der Waals surface area contributed by atoms with Gasteiger partial charge in [-0.05, 0) is 31.1 Å². The third-order valence-electron chi connectivity index (χ3n) is 2.82. The minimum Gasteiger partial charge on any atom is -0.481 e. The molecule has 0 heterocycles. The van der Waals surface area contributed by atoms with Crippen LogP contribution in [0.3, 0.4) is 0 Å². The molecule has 0 bridgehead atoms. The van der Waals surface area contributed by atoms with Gasteiger partial charge in [0.05, 0.1) is 0 Å². The number of carboxylic acid groups (broad SMARTS) is 1. The zero-order chi connectivity index (χ0) is 13.4. The monoisotopic (exact) mass is 244 g/mol. The molecule has 0 radical (unpaired) electrons. The first-order valence-electron chi connectivity index (χ1n) is 6.29. The first kappa shape index (κ1) is 16.1. The van der Waals surface area contributed by atoms with Crippen molar-refractivity contribution in [3.05, 3.63) is 0 Å². The van der Waals surface area contributed by atoms with Crippen molar-refractivity contribution in [2.45, 2.75) is 59.0 Å². The average Bonchev–Trinajstić information content (AvgIpc) is 2.23. The molecule has 100 valence electrons. The van der Waals surface area contributed by atoms with Gasteiger partial charge in [0.1, 0.15) is 6.10 Å². The molecule has 0 aromatic rings. The molecule has 0 aliphatic carbocycles. The van der Waals surface area contributed by atoms with E-state index in [2.05, 4.69) is 13.8 Å². The van der Waals surface area contributed by atoms with E-state index in [4.69, 9.17) is 5.11 Å². The van der Waals surface area contributed by atoms with E-state index < -0.39 is 12.1 Å². The lowest BCUT2D eigenvalue weighted by Crippen LogP contribution is -2.23. The molecule has 2 N–H and O–H groups in total. The highest BCUT2D eigenvalue weighted by molar-refractivity contribution is 5.83. The minimum atomic E-state index is -0.894. The van der Waals surface area contributed by atoms with Crippen LogP contribution in [0, 0.1) is 11.8 Å². The fourth-order valence-corrected chi connectivity index (χ4v) is 1.95. The number of ketones is 1. The molecule has 0 spiro atoms. The molecular weight excluding hydrogens is 220 g/mol. The van der Waals surface area contributed by atoms with Gasteiger partial charge in [-0.25, -0.2) is 0 Å². The maximum Gasteiger partial charge on any atom is 0.303 e. The molecule has 0 rings (SSSR count). The predicted molar refractivity (Wildman–Crippen MR) is 65.7 cm³/mol. The SMILES string of the molecule is CCC(O)C(=O)C[C@H](CCC(=O)O)CC(C)C. The van der Waals surface area contributed by atoms with Gasteiger partial charge in [0, 0.05) is 12.8 Å². The van der Waals surface area contributed by atoms with Gasteiger partial charge in [-0.2, -0.15) is 0 Å². The van der Waals surface area contributed by atoms with Crippen LogP contribution in [0.1, 0.15) is 52.9 Å². The van der Waals surface area contributed by atoms with Crippen molar-refractivity contribution in [2.24, 2.45) is 11.8 Å². The molecule has 0 fully saturated rings. The summed E-state index contributed by atoms with van der Waals surface area (Å²) in [6.45, 7) is 5.86. The van der Waals surface area contributed by atoms with E-state index in [9.17, 15) is 14.7 Å². The summed E-state index contributed by atoms with van der Waals surface area (Å²) < 4.78 is 0. The first-order valence-corrected chi connectivity index (χ1v) is 6.29. The van der Waals surface area contributed by atoms with Crippen LogP contribution in [0.25, 0.3) is 0 Å². The molecule has 0 saturated carbocycles. The molecule has 17 heavy (non-hydrogen) atoms. The van der Waals surface area contributed by atoms with Crippen molar-refractivity contribution >= 4 is 11.8 Å². The van der Waals surface area contributed by atoms with Crippen LogP contribution in [-0.2, 0) is 9.59 Å². The Morgan fingerprint density at radius 1 is 1.24 bits per heavy atom. The number of carbonyl (C=O) groups is 2. The number of hydrogen-bond acceptors (Lipinski definition) is 3. The van der Waals surface area contributed by atoms with Gasteiger partial charge in [-0.3, -0.25) is 9.59 Å². The summed E-state index contributed by atoms with van der Waals surface area (Å²) in [4.78, 5) is 22.1. The molecule has 0 aromatic carbocycles. The van der Waals surface area contributed by atoms with E-state index in [1.807, 2.05) is 0 Å². The van der Waals surface area contributed by atoms with Gasteiger partial charge < -0.3 is 10.2 Å². The van der Waals surface area contributed by atoms with Crippen molar-refractivity contribution in [1.29, 1.82) is 0 Å². The molecule has 0 aliphatic rings. The molecule has 1 unspecified atom stereocenters. The maximum atomic E-state index is 11.6. The first-order chi connectivity index (χ1) is 7.86. The van der Waals surface area contributed by atoms with Gasteiger partial charge in [0.15, 0.2) is 5.78 Å². The van der Waals surface area contributed by atoms with Gasteiger partial charge in [0.25, 0.3) is 0 Å². The molecule has 2 atom stereocenters. The van der Waals surface area contributed by atoms with Crippen molar-refractivity contribution in [3.63, 3.8) is 0 Å². The van der Waals surface area contributed by atoms with E-state index in [1.165, 1.54) is 0 Å². The zero-order valence-corrected chi connectivity index (χ0v) is 11.0. The summed E-state index contributed by atoms with van der Waals surface area (Å²) in [7, 11) is 0. The van der Waals surface area contributed by atoms with Gasteiger partial charge >= 0.3 is 5.97 Å². The second-order valence-corrected chi connectivity index (χ2v) is 5.02. The molecule has 4 heteroatoms. The van der Waals surface area contributed by atoms with Gasteiger partial charge in [-0.15, -0.1) is 0 Å². The number of Topliss-reactive ketones (excluding diaryl/α,β-unsaturated/α-hetero) is 1. The smallest absolute Gasteiger partial charge is 0.303 e. The fourth-order valence-electron chi connectivity index (χ4n) is 1.95. The van der Waals surface area contributed by atoms with Crippen LogP contribution in [0.15, 0.2) is 0 Å². The second kappa shape index (κ2) is 8.23. The Bertz CT molecular complexity index is 248. The van der Waals surface area contributed by atoms with Crippen LogP contribution in [0.4, 0.5) is 0 Å². The fraction of sp³-hybridized carbons (Fsp3) is 0.846. The molecule has 0 aromatic heterocycles. The number of aliphatic hydroxyl groups is 1. The highest BCUT2D eigenvalue weighted by atomic mass is 16.4. The number of rotatable bonds is 9. The summed E-state index contributed by atoms with van der Waals surface area (Å²) >= 11 is 0. The third kappa shape index (κ3) is 7.91. The van der Waals surface area contributed by atoms with Crippen molar-refractivity contribution in [2.75, 3.05) is 0 Å². The van der Waals surface area contributed by atoms with Crippen LogP contribution in [0.2, 0.25) is 0 Å². The maximum absolute atomic E-state index is 11.6.